The Balaban J connectivity index is 0.000000147. The molecule has 0 amide bonds. The molecule has 20 heavy (non-hydrogen) atoms. The fourth-order valence-corrected chi connectivity index (χ4v) is 2.24. The molecule has 1 aliphatic rings. The van der Waals surface area contributed by atoms with Gasteiger partial charge in [-0.3, -0.25) is 4.79 Å². The van der Waals surface area contributed by atoms with Crippen molar-refractivity contribution in [3.05, 3.63) is 28.9 Å². The number of aliphatic hydroxyl groups is 4. The van der Waals surface area contributed by atoms with Crippen molar-refractivity contribution in [2.24, 2.45) is 11.8 Å². The Morgan fingerprint density at radius 2 is 1.70 bits per heavy atom. The summed E-state index contributed by atoms with van der Waals surface area (Å²) in [6.45, 7) is -0.354. The summed E-state index contributed by atoms with van der Waals surface area (Å²) in [5.41, 5.74) is 0.523. The lowest BCUT2D eigenvalue weighted by Gasteiger charge is -2.44. The van der Waals surface area contributed by atoms with Crippen molar-refractivity contribution in [2.75, 3.05) is 13.2 Å². The molecule has 0 bridgehead atoms. The molecule has 4 atom stereocenters. The summed E-state index contributed by atoms with van der Waals surface area (Å²) >= 11 is 0. The van der Waals surface area contributed by atoms with E-state index >= 15 is 0 Å². The number of nitrogens with one attached hydrogen (secondary N) is 2. The van der Waals surface area contributed by atoms with Crippen LogP contribution in [0, 0.1) is 11.8 Å². The molecule has 0 aliphatic heterocycles. The van der Waals surface area contributed by atoms with Crippen molar-refractivity contribution in [2.45, 2.75) is 12.2 Å². The maximum Gasteiger partial charge on any atom is 0.260 e. The molecule has 2 aromatic rings. The summed E-state index contributed by atoms with van der Waals surface area (Å²) in [7, 11) is 0. The van der Waals surface area contributed by atoms with Gasteiger partial charge in [0.25, 0.3) is 5.56 Å². The SMILES string of the molecule is O=c1[nH]cnc2[nH]ccc12.OCC1C(O)C(O)C1CO. The van der Waals surface area contributed by atoms with E-state index in [9.17, 15) is 4.79 Å². The topological polar surface area (TPSA) is 142 Å². The van der Waals surface area contributed by atoms with Gasteiger partial charge in [-0.25, -0.2) is 4.98 Å². The first kappa shape index (κ1) is 14.7. The molecule has 8 nitrogen and oxygen atoms in total. The first-order chi connectivity index (χ1) is 9.60. The Hall–Kier alpha value is -1.74. The van der Waals surface area contributed by atoms with Crippen LogP contribution in [0.4, 0.5) is 0 Å². The van der Waals surface area contributed by atoms with Gasteiger partial charge in [0.05, 0.1) is 23.9 Å². The largest absolute Gasteiger partial charge is 0.396 e. The number of rotatable bonds is 2. The van der Waals surface area contributed by atoms with E-state index < -0.39 is 12.2 Å². The summed E-state index contributed by atoms with van der Waals surface area (Å²) in [6, 6.07) is 1.70. The fraction of sp³-hybridized carbons (Fsp3) is 0.500. The smallest absolute Gasteiger partial charge is 0.260 e. The Labute approximate surface area is 113 Å². The van der Waals surface area contributed by atoms with Gasteiger partial charge in [0, 0.05) is 31.2 Å². The Bertz CT molecular complexity index is 596. The average molecular weight is 283 g/mol. The van der Waals surface area contributed by atoms with Crippen LogP contribution in [0.2, 0.25) is 0 Å². The van der Waals surface area contributed by atoms with Crippen molar-refractivity contribution < 1.29 is 20.4 Å². The third-order valence-corrected chi connectivity index (χ3v) is 3.56. The lowest BCUT2D eigenvalue weighted by Crippen LogP contribution is -2.58. The molecule has 2 aromatic heterocycles. The number of aliphatic hydroxyl groups excluding tert-OH is 4. The fourth-order valence-electron chi connectivity index (χ4n) is 2.24. The van der Waals surface area contributed by atoms with Gasteiger partial charge in [-0.1, -0.05) is 0 Å². The number of nitrogens with zero attached hydrogens (tertiary/aromatic N) is 1. The lowest BCUT2D eigenvalue weighted by atomic mass is 9.69. The van der Waals surface area contributed by atoms with Gasteiger partial charge in [0.2, 0.25) is 0 Å². The summed E-state index contributed by atoms with van der Waals surface area (Å²) in [6.07, 6.45) is 1.35. The van der Waals surface area contributed by atoms with Crippen molar-refractivity contribution in [1.29, 1.82) is 0 Å². The van der Waals surface area contributed by atoms with Crippen LogP contribution >= 0.6 is 0 Å². The van der Waals surface area contributed by atoms with Crippen LogP contribution < -0.4 is 5.56 Å². The second kappa shape index (κ2) is 6.14. The number of aromatic amines is 2. The molecule has 1 aliphatic carbocycles. The molecule has 8 heteroatoms. The average Bonchev–Trinajstić information content (AvgIpc) is 2.94. The predicted molar refractivity (Wildman–Crippen MR) is 69.9 cm³/mol. The zero-order chi connectivity index (χ0) is 14.7. The molecule has 3 rings (SSSR count). The number of H-pyrrole nitrogens is 2. The molecule has 2 heterocycles. The highest BCUT2D eigenvalue weighted by Gasteiger charge is 2.47. The van der Waals surface area contributed by atoms with Crippen LogP contribution in [0.5, 0.6) is 0 Å². The molecule has 6 N–H and O–H groups in total. The van der Waals surface area contributed by atoms with E-state index in [4.69, 9.17) is 20.4 Å². The van der Waals surface area contributed by atoms with Gasteiger partial charge in [-0.05, 0) is 6.07 Å². The normalized spacial score (nSPS) is 28.6. The van der Waals surface area contributed by atoms with Gasteiger partial charge in [0.15, 0.2) is 0 Å². The molecule has 1 fully saturated rings. The summed E-state index contributed by atoms with van der Waals surface area (Å²) in [5, 5.41) is 35.7. The molecule has 0 saturated heterocycles. The second-order valence-corrected chi connectivity index (χ2v) is 4.65. The number of fused-ring (bicyclic) bond motifs is 1. The van der Waals surface area contributed by atoms with E-state index in [1.54, 1.807) is 12.3 Å². The van der Waals surface area contributed by atoms with Crippen LogP contribution in [-0.4, -0.2) is 60.8 Å². The Kier molecular flexibility index (Phi) is 4.50. The van der Waals surface area contributed by atoms with E-state index in [0.717, 1.165) is 0 Å². The monoisotopic (exact) mass is 283 g/mol. The number of hydrogen-bond acceptors (Lipinski definition) is 6. The molecule has 1 saturated carbocycles. The zero-order valence-electron chi connectivity index (χ0n) is 10.6. The van der Waals surface area contributed by atoms with Crippen LogP contribution in [0.25, 0.3) is 11.0 Å². The highest BCUT2D eigenvalue weighted by atomic mass is 16.3. The van der Waals surface area contributed by atoms with E-state index in [1.807, 2.05) is 0 Å². The molecular formula is C12H17N3O5. The minimum Gasteiger partial charge on any atom is -0.396 e. The molecule has 0 spiro atoms. The maximum atomic E-state index is 10.9. The molecular weight excluding hydrogens is 266 g/mol. The van der Waals surface area contributed by atoms with Gasteiger partial charge in [-0.15, -0.1) is 0 Å². The Morgan fingerprint density at radius 1 is 1.10 bits per heavy atom. The first-order valence-electron chi connectivity index (χ1n) is 6.18. The second-order valence-electron chi connectivity index (χ2n) is 4.65. The Morgan fingerprint density at radius 3 is 2.20 bits per heavy atom. The minimum absolute atomic E-state index is 0.105. The standard InChI is InChI=1S/C6H5N3O.C6H12O4/c10-6-4-1-2-7-5(4)8-3-9-6;7-1-3-4(2-8)6(10)5(3)9/h1-3H,(H2,7,8,9,10);3-10H,1-2H2. The molecule has 0 radical (unpaired) electrons. The highest BCUT2D eigenvalue weighted by molar-refractivity contribution is 5.73. The summed E-state index contributed by atoms with van der Waals surface area (Å²) in [4.78, 5) is 20.1. The van der Waals surface area contributed by atoms with Crippen molar-refractivity contribution in [3.63, 3.8) is 0 Å². The highest BCUT2D eigenvalue weighted by Crippen LogP contribution is 2.34. The third-order valence-electron chi connectivity index (χ3n) is 3.56. The number of hydrogen-bond donors (Lipinski definition) is 6. The summed E-state index contributed by atoms with van der Waals surface area (Å²) < 4.78 is 0. The van der Waals surface area contributed by atoms with Gasteiger partial charge < -0.3 is 30.4 Å². The van der Waals surface area contributed by atoms with Crippen molar-refractivity contribution in [1.82, 2.24) is 15.0 Å². The van der Waals surface area contributed by atoms with Gasteiger partial charge >= 0.3 is 0 Å². The van der Waals surface area contributed by atoms with E-state index in [0.29, 0.717) is 11.0 Å². The number of aromatic nitrogens is 3. The first-order valence-corrected chi connectivity index (χ1v) is 6.18. The lowest BCUT2D eigenvalue weighted by molar-refractivity contribution is -0.178. The van der Waals surface area contributed by atoms with Crippen molar-refractivity contribution >= 4 is 11.0 Å². The minimum atomic E-state index is -0.859. The predicted octanol–water partition coefficient (Wildman–Crippen LogP) is -1.81. The molecule has 0 aromatic carbocycles. The van der Waals surface area contributed by atoms with Gasteiger partial charge in [0.1, 0.15) is 5.65 Å². The van der Waals surface area contributed by atoms with Crippen LogP contribution in [0.3, 0.4) is 0 Å². The van der Waals surface area contributed by atoms with Gasteiger partial charge in [-0.2, -0.15) is 0 Å². The third kappa shape index (κ3) is 2.59. The molecule has 4 unspecified atom stereocenters. The van der Waals surface area contributed by atoms with Crippen molar-refractivity contribution in [3.8, 4) is 0 Å². The van der Waals surface area contributed by atoms with E-state index in [-0.39, 0.29) is 30.6 Å². The van der Waals surface area contributed by atoms with E-state index in [1.165, 1.54) is 6.33 Å². The van der Waals surface area contributed by atoms with Crippen LogP contribution in [-0.2, 0) is 0 Å². The quantitative estimate of drug-likeness (QED) is 0.383. The maximum absolute atomic E-state index is 10.9. The zero-order valence-corrected chi connectivity index (χ0v) is 10.6. The molecule has 110 valence electrons. The van der Waals surface area contributed by atoms with E-state index in [2.05, 4.69) is 15.0 Å². The van der Waals surface area contributed by atoms with Crippen LogP contribution in [0.15, 0.2) is 23.4 Å². The summed E-state index contributed by atoms with van der Waals surface area (Å²) in [5.74, 6) is -0.694. The van der Waals surface area contributed by atoms with Crippen LogP contribution in [0.1, 0.15) is 0 Å².